The molecule has 1 fully saturated rings. The van der Waals surface area contributed by atoms with Crippen LogP contribution in [0.1, 0.15) is 31.2 Å². The third kappa shape index (κ3) is 3.82. The highest BCUT2D eigenvalue weighted by atomic mass is 79.9. The summed E-state index contributed by atoms with van der Waals surface area (Å²) in [6, 6.07) is 3.60. The van der Waals surface area contributed by atoms with Crippen molar-refractivity contribution in [3.8, 4) is 11.5 Å². The van der Waals surface area contributed by atoms with E-state index in [9.17, 15) is 9.59 Å². The van der Waals surface area contributed by atoms with Crippen LogP contribution in [0.15, 0.2) is 21.7 Å². The van der Waals surface area contributed by atoms with Crippen molar-refractivity contribution < 1.29 is 19.1 Å². The van der Waals surface area contributed by atoms with Crippen molar-refractivity contribution in [2.45, 2.75) is 31.7 Å². The molecule has 2 amide bonds. The molecule has 0 saturated heterocycles. The van der Waals surface area contributed by atoms with E-state index in [4.69, 9.17) is 9.47 Å². The molecule has 1 aliphatic carbocycles. The highest BCUT2D eigenvalue weighted by Gasteiger charge is 2.21. The van der Waals surface area contributed by atoms with Crippen LogP contribution in [0.5, 0.6) is 11.5 Å². The monoisotopic (exact) mass is 381 g/mol. The van der Waals surface area contributed by atoms with Crippen molar-refractivity contribution in [1.29, 1.82) is 0 Å². The Balaban J connectivity index is 1.56. The van der Waals surface area contributed by atoms with Crippen molar-refractivity contribution in [1.82, 2.24) is 10.7 Å². The maximum Gasteiger partial charge on any atom is 0.329 e. The molecule has 0 radical (unpaired) electrons. The molecule has 1 saturated carbocycles. The fraction of sp³-hybridized carbons (Fsp3) is 0.400. The van der Waals surface area contributed by atoms with Crippen LogP contribution in [0.25, 0.3) is 0 Å². The Morgan fingerprint density at radius 3 is 2.61 bits per heavy atom. The topological polar surface area (TPSA) is 89.0 Å². The van der Waals surface area contributed by atoms with Gasteiger partial charge in [-0.15, -0.1) is 0 Å². The van der Waals surface area contributed by atoms with Gasteiger partial charge in [0.1, 0.15) is 0 Å². The first kappa shape index (κ1) is 15.8. The molecule has 1 aromatic carbocycles. The van der Waals surface area contributed by atoms with Crippen molar-refractivity contribution in [3.63, 3.8) is 0 Å². The predicted molar refractivity (Wildman–Crippen MR) is 86.4 cm³/mol. The first-order chi connectivity index (χ1) is 11.1. The van der Waals surface area contributed by atoms with Crippen molar-refractivity contribution in [2.24, 2.45) is 5.10 Å². The molecule has 2 aliphatic rings. The van der Waals surface area contributed by atoms with Crippen LogP contribution in [0.2, 0.25) is 0 Å². The number of hydrogen-bond acceptors (Lipinski definition) is 5. The van der Waals surface area contributed by atoms with Crippen LogP contribution in [0.3, 0.4) is 0 Å². The van der Waals surface area contributed by atoms with E-state index in [0.29, 0.717) is 17.1 Å². The number of hydrogen-bond donors (Lipinski definition) is 2. The number of benzene rings is 1. The van der Waals surface area contributed by atoms with E-state index in [1.807, 2.05) is 0 Å². The fourth-order valence-electron chi connectivity index (χ4n) is 2.56. The van der Waals surface area contributed by atoms with Crippen molar-refractivity contribution >= 4 is 34.0 Å². The van der Waals surface area contributed by atoms with Crippen LogP contribution < -0.4 is 20.2 Å². The van der Waals surface area contributed by atoms with Crippen LogP contribution in [0, 0.1) is 0 Å². The SMILES string of the molecule is O=C(NN=Cc1cc2c(cc1Br)OCO2)C(=O)NC1CCCC1. The lowest BCUT2D eigenvalue weighted by molar-refractivity contribution is -0.139. The van der Waals surface area contributed by atoms with Gasteiger partial charge in [-0.1, -0.05) is 12.8 Å². The number of halogens is 1. The summed E-state index contributed by atoms with van der Waals surface area (Å²) < 4.78 is 11.3. The summed E-state index contributed by atoms with van der Waals surface area (Å²) in [6.07, 6.45) is 5.46. The smallest absolute Gasteiger partial charge is 0.329 e. The maximum atomic E-state index is 11.7. The third-order valence-corrected chi connectivity index (χ3v) is 4.45. The summed E-state index contributed by atoms with van der Waals surface area (Å²) in [4.78, 5) is 23.4. The van der Waals surface area contributed by atoms with Crippen LogP contribution in [-0.4, -0.2) is 30.9 Å². The molecule has 1 heterocycles. The van der Waals surface area contributed by atoms with Gasteiger partial charge in [0.2, 0.25) is 6.79 Å². The Morgan fingerprint density at radius 1 is 1.17 bits per heavy atom. The zero-order chi connectivity index (χ0) is 16.2. The van der Waals surface area contributed by atoms with Gasteiger partial charge in [-0.05, 0) is 40.9 Å². The number of rotatable bonds is 3. The second-order valence-electron chi connectivity index (χ2n) is 5.38. The lowest BCUT2D eigenvalue weighted by atomic mass is 10.2. The number of fused-ring (bicyclic) bond motifs is 1. The summed E-state index contributed by atoms with van der Waals surface area (Å²) in [7, 11) is 0. The minimum absolute atomic E-state index is 0.0974. The number of amides is 2. The maximum absolute atomic E-state index is 11.7. The number of nitrogens with one attached hydrogen (secondary N) is 2. The molecule has 2 N–H and O–H groups in total. The minimum atomic E-state index is -0.773. The molecule has 8 heteroatoms. The van der Waals surface area contributed by atoms with Gasteiger partial charge in [0.25, 0.3) is 0 Å². The largest absolute Gasteiger partial charge is 0.454 e. The molecular weight excluding hydrogens is 366 g/mol. The Hall–Kier alpha value is -2.09. The normalized spacial score (nSPS) is 16.7. The Bertz CT molecular complexity index is 656. The minimum Gasteiger partial charge on any atom is -0.454 e. The Kier molecular flexibility index (Phi) is 4.80. The highest BCUT2D eigenvalue weighted by molar-refractivity contribution is 9.10. The standard InChI is InChI=1S/C15H16BrN3O4/c16-11-6-13-12(22-8-23-13)5-9(11)7-17-19-15(21)14(20)18-10-3-1-2-4-10/h5-7,10H,1-4,8H2,(H,18,20)(H,19,21). The number of ether oxygens (including phenoxy) is 2. The molecule has 0 aromatic heterocycles. The summed E-state index contributed by atoms with van der Waals surface area (Å²) in [6.45, 7) is 0.181. The van der Waals surface area contributed by atoms with Gasteiger partial charge in [0, 0.05) is 16.1 Å². The van der Waals surface area contributed by atoms with Crippen LogP contribution in [0.4, 0.5) is 0 Å². The molecule has 0 unspecified atom stereocenters. The molecule has 1 aromatic rings. The lowest BCUT2D eigenvalue weighted by Crippen LogP contribution is -2.42. The van der Waals surface area contributed by atoms with Crippen LogP contribution in [-0.2, 0) is 9.59 Å². The molecule has 122 valence electrons. The summed E-state index contributed by atoms with van der Waals surface area (Å²) >= 11 is 3.39. The van der Waals surface area contributed by atoms with Crippen molar-refractivity contribution in [2.75, 3.05) is 6.79 Å². The molecule has 0 atom stereocenters. The zero-order valence-corrected chi connectivity index (χ0v) is 13.9. The first-order valence-corrected chi connectivity index (χ1v) is 8.16. The average Bonchev–Trinajstić information content (AvgIpc) is 3.18. The number of nitrogens with zero attached hydrogens (tertiary/aromatic N) is 1. The number of hydrazone groups is 1. The molecular formula is C15H16BrN3O4. The molecule has 0 bridgehead atoms. The Morgan fingerprint density at radius 2 is 1.87 bits per heavy atom. The van der Waals surface area contributed by atoms with Crippen molar-refractivity contribution in [3.05, 3.63) is 22.2 Å². The zero-order valence-electron chi connectivity index (χ0n) is 12.3. The molecule has 23 heavy (non-hydrogen) atoms. The van der Waals surface area contributed by atoms with E-state index >= 15 is 0 Å². The van der Waals surface area contributed by atoms with E-state index in [0.717, 1.165) is 30.2 Å². The van der Waals surface area contributed by atoms with Gasteiger partial charge in [-0.2, -0.15) is 5.10 Å². The quantitative estimate of drug-likeness (QED) is 0.473. The van der Waals surface area contributed by atoms with Crippen LogP contribution >= 0.6 is 15.9 Å². The summed E-state index contributed by atoms with van der Waals surface area (Å²) in [5.74, 6) is -0.169. The third-order valence-electron chi connectivity index (χ3n) is 3.76. The second-order valence-corrected chi connectivity index (χ2v) is 6.24. The second kappa shape index (κ2) is 6.99. The van der Waals surface area contributed by atoms with E-state index in [-0.39, 0.29) is 12.8 Å². The van der Waals surface area contributed by atoms with E-state index in [1.54, 1.807) is 12.1 Å². The van der Waals surface area contributed by atoms with Gasteiger partial charge in [0.15, 0.2) is 11.5 Å². The van der Waals surface area contributed by atoms with Gasteiger partial charge in [-0.25, -0.2) is 5.43 Å². The van der Waals surface area contributed by atoms with E-state index < -0.39 is 11.8 Å². The van der Waals surface area contributed by atoms with E-state index in [2.05, 4.69) is 31.8 Å². The molecule has 7 nitrogen and oxygen atoms in total. The number of carbonyl (C=O) groups excluding carboxylic acids is 2. The predicted octanol–water partition coefficient (Wildman–Crippen LogP) is 1.69. The lowest BCUT2D eigenvalue weighted by Gasteiger charge is -2.10. The van der Waals surface area contributed by atoms with E-state index in [1.165, 1.54) is 6.21 Å². The summed E-state index contributed by atoms with van der Waals surface area (Å²) in [5.41, 5.74) is 2.93. The average molecular weight is 382 g/mol. The summed E-state index contributed by atoms with van der Waals surface area (Å²) in [5, 5.41) is 6.51. The molecule has 1 aliphatic heterocycles. The molecule has 3 rings (SSSR count). The van der Waals surface area contributed by atoms with Gasteiger partial charge < -0.3 is 14.8 Å². The Labute approximate surface area is 141 Å². The first-order valence-electron chi connectivity index (χ1n) is 7.36. The number of carbonyl (C=O) groups is 2. The van der Waals surface area contributed by atoms with Gasteiger partial charge in [0.05, 0.1) is 6.21 Å². The van der Waals surface area contributed by atoms with Gasteiger partial charge in [-0.3, -0.25) is 9.59 Å². The van der Waals surface area contributed by atoms with Gasteiger partial charge >= 0.3 is 11.8 Å². The highest BCUT2D eigenvalue weighted by Crippen LogP contribution is 2.36. The molecule has 0 spiro atoms. The fourth-order valence-corrected chi connectivity index (χ4v) is 2.99.